The van der Waals surface area contributed by atoms with Gasteiger partial charge in [-0.15, -0.1) is 0 Å². The first-order chi connectivity index (χ1) is 7.44. The van der Waals surface area contributed by atoms with Crippen molar-refractivity contribution in [2.24, 2.45) is 17.6 Å². The molecule has 96 valence electrons. The average molecular weight is 248 g/mol. The van der Waals surface area contributed by atoms with Gasteiger partial charge in [-0.05, 0) is 31.3 Å². The summed E-state index contributed by atoms with van der Waals surface area (Å²) >= 11 is 0. The minimum atomic E-state index is -2.79. The summed E-state index contributed by atoms with van der Waals surface area (Å²) in [7, 11) is -2.79. The van der Waals surface area contributed by atoms with Crippen molar-refractivity contribution < 1.29 is 8.42 Å². The van der Waals surface area contributed by atoms with Gasteiger partial charge in [-0.25, -0.2) is 8.42 Å². The molecule has 0 amide bonds. The predicted molar refractivity (Wildman–Crippen MR) is 67.1 cm³/mol. The van der Waals surface area contributed by atoms with Gasteiger partial charge in [-0.2, -0.15) is 0 Å². The molecule has 1 aliphatic rings. The zero-order valence-corrected chi connectivity index (χ0v) is 11.2. The molecule has 0 spiro atoms. The molecule has 1 atom stereocenters. The van der Waals surface area contributed by atoms with Crippen LogP contribution in [0.1, 0.15) is 20.3 Å². The minimum absolute atomic E-state index is 0.308. The molecule has 0 aromatic rings. The van der Waals surface area contributed by atoms with Crippen molar-refractivity contribution in [3.05, 3.63) is 0 Å². The van der Waals surface area contributed by atoms with Gasteiger partial charge in [0.1, 0.15) is 0 Å². The standard InChI is InChI=1S/C11H24N2O2S/c1-10(2)11(8-12)9-13-4-3-6-16(14,15)7-5-13/h10-11H,3-9,12H2,1-2H3. The van der Waals surface area contributed by atoms with Crippen molar-refractivity contribution in [2.45, 2.75) is 20.3 Å². The van der Waals surface area contributed by atoms with Crippen LogP contribution in [-0.4, -0.2) is 51.0 Å². The monoisotopic (exact) mass is 248 g/mol. The van der Waals surface area contributed by atoms with Crippen LogP contribution < -0.4 is 5.73 Å². The molecular weight excluding hydrogens is 224 g/mol. The number of nitrogens with two attached hydrogens (primary N) is 1. The van der Waals surface area contributed by atoms with E-state index in [4.69, 9.17) is 5.73 Å². The van der Waals surface area contributed by atoms with Gasteiger partial charge in [0.2, 0.25) is 0 Å². The van der Waals surface area contributed by atoms with Crippen molar-refractivity contribution in [1.29, 1.82) is 0 Å². The quantitative estimate of drug-likeness (QED) is 0.779. The summed E-state index contributed by atoms with van der Waals surface area (Å²) in [6, 6.07) is 0. The van der Waals surface area contributed by atoms with E-state index in [0.717, 1.165) is 19.5 Å². The summed E-state index contributed by atoms with van der Waals surface area (Å²) < 4.78 is 22.9. The Morgan fingerprint density at radius 2 is 1.94 bits per heavy atom. The van der Waals surface area contributed by atoms with Gasteiger partial charge < -0.3 is 10.6 Å². The molecule has 1 rings (SSSR count). The molecule has 1 aliphatic heterocycles. The Hall–Kier alpha value is -0.130. The number of hydrogen-bond acceptors (Lipinski definition) is 4. The van der Waals surface area contributed by atoms with Crippen LogP contribution in [0.2, 0.25) is 0 Å². The zero-order valence-electron chi connectivity index (χ0n) is 10.4. The van der Waals surface area contributed by atoms with Gasteiger partial charge in [-0.1, -0.05) is 13.8 Å². The third-order valence-corrected chi connectivity index (χ3v) is 5.10. The van der Waals surface area contributed by atoms with E-state index in [1.54, 1.807) is 0 Å². The van der Waals surface area contributed by atoms with Crippen LogP contribution in [0.25, 0.3) is 0 Å². The summed E-state index contributed by atoms with van der Waals surface area (Å²) in [5.74, 6) is 1.69. The second kappa shape index (κ2) is 5.98. The third kappa shape index (κ3) is 4.39. The Balaban J connectivity index is 2.49. The second-order valence-electron chi connectivity index (χ2n) is 5.05. The molecule has 0 bridgehead atoms. The molecule has 0 radical (unpaired) electrons. The number of nitrogens with zero attached hydrogens (tertiary/aromatic N) is 1. The van der Waals surface area contributed by atoms with Crippen LogP contribution >= 0.6 is 0 Å². The van der Waals surface area contributed by atoms with Gasteiger partial charge in [0.25, 0.3) is 0 Å². The summed E-state index contributed by atoms with van der Waals surface area (Å²) in [5.41, 5.74) is 5.74. The molecule has 5 heteroatoms. The smallest absolute Gasteiger partial charge is 0.151 e. The van der Waals surface area contributed by atoms with Gasteiger partial charge in [0.05, 0.1) is 11.5 Å². The molecule has 1 fully saturated rings. The number of hydrogen-bond donors (Lipinski definition) is 1. The summed E-state index contributed by atoms with van der Waals surface area (Å²) in [6.07, 6.45) is 0.762. The van der Waals surface area contributed by atoms with Crippen molar-refractivity contribution >= 4 is 9.84 Å². The van der Waals surface area contributed by atoms with E-state index >= 15 is 0 Å². The lowest BCUT2D eigenvalue weighted by Crippen LogP contribution is -2.37. The average Bonchev–Trinajstić information content (AvgIpc) is 2.36. The zero-order chi connectivity index (χ0) is 12.2. The molecule has 1 saturated heterocycles. The van der Waals surface area contributed by atoms with Gasteiger partial charge in [0, 0.05) is 13.1 Å². The minimum Gasteiger partial charge on any atom is -0.330 e. The van der Waals surface area contributed by atoms with Crippen LogP contribution in [0.5, 0.6) is 0 Å². The van der Waals surface area contributed by atoms with Gasteiger partial charge in [0.15, 0.2) is 9.84 Å². The lowest BCUT2D eigenvalue weighted by molar-refractivity contribution is 0.217. The van der Waals surface area contributed by atoms with E-state index in [0.29, 0.717) is 36.4 Å². The fraction of sp³-hybridized carbons (Fsp3) is 1.00. The lowest BCUT2D eigenvalue weighted by Gasteiger charge is -2.27. The number of rotatable bonds is 4. The number of sulfone groups is 1. The van der Waals surface area contributed by atoms with Crippen LogP contribution in [0.4, 0.5) is 0 Å². The topological polar surface area (TPSA) is 63.4 Å². The van der Waals surface area contributed by atoms with Crippen LogP contribution in [0.3, 0.4) is 0 Å². The Bertz CT molecular complexity index is 301. The summed E-state index contributed by atoms with van der Waals surface area (Å²) in [6.45, 7) is 7.52. The maximum atomic E-state index is 11.5. The fourth-order valence-electron chi connectivity index (χ4n) is 2.06. The summed E-state index contributed by atoms with van der Waals surface area (Å²) in [5, 5.41) is 0. The first-order valence-corrected chi connectivity index (χ1v) is 7.89. The highest BCUT2D eigenvalue weighted by Gasteiger charge is 2.22. The van der Waals surface area contributed by atoms with Crippen LogP contribution in [-0.2, 0) is 9.84 Å². The molecule has 0 aromatic heterocycles. The Morgan fingerprint density at radius 1 is 1.25 bits per heavy atom. The maximum Gasteiger partial charge on any atom is 0.151 e. The van der Waals surface area contributed by atoms with E-state index in [2.05, 4.69) is 18.7 Å². The molecule has 2 N–H and O–H groups in total. The SMILES string of the molecule is CC(C)C(CN)CN1CCCS(=O)(=O)CC1. The second-order valence-corrected chi connectivity index (χ2v) is 7.35. The van der Waals surface area contributed by atoms with Crippen LogP contribution in [0, 0.1) is 11.8 Å². The lowest BCUT2D eigenvalue weighted by atomic mass is 9.95. The predicted octanol–water partition coefficient (Wildman–Crippen LogP) is 0.338. The highest BCUT2D eigenvalue weighted by molar-refractivity contribution is 7.91. The van der Waals surface area contributed by atoms with Crippen molar-refractivity contribution in [3.8, 4) is 0 Å². The molecule has 1 unspecified atom stereocenters. The van der Waals surface area contributed by atoms with Crippen LogP contribution in [0.15, 0.2) is 0 Å². The normalized spacial score (nSPS) is 24.2. The largest absolute Gasteiger partial charge is 0.330 e. The van der Waals surface area contributed by atoms with Crippen molar-refractivity contribution in [2.75, 3.05) is 37.7 Å². The Kier molecular flexibility index (Phi) is 5.21. The molecule has 4 nitrogen and oxygen atoms in total. The van der Waals surface area contributed by atoms with Crippen molar-refractivity contribution in [1.82, 2.24) is 4.90 Å². The van der Waals surface area contributed by atoms with Gasteiger partial charge in [-0.3, -0.25) is 0 Å². The first-order valence-electron chi connectivity index (χ1n) is 6.07. The van der Waals surface area contributed by atoms with E-state index in [1.807, 2.05) is 0 Å². The van der Waals surface area contributed by atoms with Crippen molar-refractivity contribution in [3.63, 3.8) is 0 Å². The molecular formula is C11H24N2O2S. The highest BCUT2D eigenvalue weighted by atomic mass is 32.2. The highest BCUT2D eigenvalue weighted by Crippen LogP contribution is 2.13. The maximum absolute atomic E-state index is 11.5. The molecule has 0 aromatic carbocycles. The van der Waals surface area contributed by atoms with Gasteiger partial charge >= 0.3 is 0 Å². The molecule has 0 aliphatic carbocycles. The molecule has 16 heavy (non-hydrogen) atoms. The Labute approximate surface area is 99.1 Å². The van der Waals surface area contributed by atoms with E-state index < -0.39 is 9.84 Å². The Morgan fingerprint density at radius 3 is 2.50 bits per heavy atom. The fourth-order valence-corrected chi connectivity index (χ4v) is 3.37. The molecule has 1 heterocycles. The summed E-state index contributed by atoms with van der Waals surface area (Å²) in [4.78, 5) is 2.25. The molecule has 0 saturated carbocycles. The first kappa shape index (κ1) is 13.9. The van der Waals surface area contributed by atoms with E-state index in [-0.39, 0.29) is 0 Å². The van der Waals surface area contributed by atoms with E-state index in [1.165, 1.54) is 0 Å². The third-order valence-electron chi connectivity index (χ3n) is 3.39. The van der Waals surface area contributed by atoms with E-state index in [9.17, 15) is 8.42 Å².